The van der Waals surface area contributed by atoms with Crippen molar-refractivity contribution in [2.45, 2.75) is 32.2 Å². The van der Waals surface area contributed by atoms with Crippen molar-refractivity contribution in [2.75, 3.05) is 0 Å². The summed E-state index contributed by atoms with van der Waals surface area (Å²) in [6.45, 7) is 6.01. The zero-order valence-corrected chi connectivity index (χ0v) is 14.0. The molecular formula is C17H16N4OS. The first-order valence-electron chi connectivity index (χ1n) is 7.24. The molecule has 0 radical (unpaired) electrons. The van der Waals surface area contributed by atoms with E-state index >= 15 is 0 Å². The van der Waals surface area contributed by atoms with Gasteiger partial charge in [-0.2, -0.15) is 10.4 Å². The van der Waals surface area contributed by atoms with Gasteiger partial charge in [0.05, 0.1) is 33.6 Å². The molecule has 0 saturated carbocycles. The molecule has 2 heterocycles. The minimum Gasteiger partial charge on any atom is -0.292 e. The van der Waals surface area contributed by atoms with Crippen LogP contribution in [0.2, 0.25) is 0 Å². The van der Waals surface area contributed by atoms with Crippen LogP contribution >= 0.6 is 11.3 Å². The Morgan fingerprint density at radius 2 is 2.09 bits per heavy atom. The Kier molecular flexibility index (Phi) is 3.74. The van der Waals surface area contributed by atoms with Crippen LogP contribution in [0.25, 0.3) is 10.2 Å². The van der Waals surface area contributed by atoms with E-state index in [1.54, 1.807) is 10.9 Å². The molecule has 0 fully saturated rings. The van der Waals surface area contributed by atoms with Crippen molar-refractivity contribution < 1.29 is 4.79 Å². The third-order valence-electron chi connectivity index (χ3n) is 3.50. The zero-order chi connectivity index (χ0) is 16.6. The van der Waals surface area contributed by atoms with Gasteiger partial charge in [-0.25, -0.2) is 4.98 Å². The van der Waals surface area contributed by atoms with Crippen LogP contribution in [0.1, 0.15) is 42.1 Å². The molecule has 1 atom stereocenters. The van der Waals surface area contributed by atoms with Gasteiger partial charge in [-0.05, 0) is 32.9 Å². The molecule has 0 bridgehead atoms. The molecule has 0 unspecified atom stereocenters. The van der Waals surface area contributed by atoms with Crippen LogP contribution in [0.3, 0.4) is 0 Å². The van der Waals surface area contributed by atoms with Gasteiger partial charge in [0.15, 0.2) is 11.7 Å². The highest BCUT2D eigenvalue weighted by Crippen LogP contribution is 2.29. The molecule has 0 aliphatic rings. The first-order chi connectivity index (χ1) is 10.9. The number of aromatic nitrogens is 3. The van der Waals surface area contributed by atoms with Crippen molar-refractivity contribution in [2.24, 2.45) is 0 Å². The van der Waals surface area contributed by atoms with Gasteiger partial charge in [0.25, 0.3) is 0 Å². The first kappa shape index (κ1) is 15.4. The van der Waals surface area contributed by atoms with Gasteiger partial charge < -0.3 is 0 Å². The monoisotopic (exact) mass is 324 g/mol. The Hall–Kier alpha value is -2.52. The molecule has 0 N–H and O–H groups in total. The normalized spacial score (nSPS) is 13.0. The van der Waals surface area contributed by atoms with Crippen LogP contribution < -0.4 is 0 Å². The van der Waals surface area contributed by atoms with E-state index in [1.807, 2.05) is 45.0 Å². The summed E-state index contributed by atoms with van der Waals surface area (Å²) in [6, 6.07) is 9.71. The lowest BCUT2D eigenvalue weighted by Crippen LogP contribution is -2.22. The first-order valence-corrected chi connectivity index (χ1v) is 8.06. The molecular weight excluding hydrogens is 308 g/mol. The third kappa shape index (κ3) is 2.88. The number of nitrogens with zero attached hydrogens (tertiary/aromatic N) is 4. The molecule has 1 aromatic carbocycles. The fraction of sp³-hybridized carbons (Fsp3) is 0.294. The highest BCUT2D eigenvalue weighted by Gasteiger charge is 2.27. The number of carbonyl (C=O) groups is 1. The summed E-state index contributed by atoms with van der Waals surface area (Å²) in [6.07, 6.45) is 3.21. The minimum absolute atomic E-state index is 0.212. The largest absolute Gasteiger partial charge is 0.292 e. The number of rotatable bonds is 3. The summed E-state index contributed by atoms with van der Waals surface area (Å²) >= 11 is 1.38. The van der Waals surface area contributed by atoms with Crippen molar-refractivity contribution in [3.63, 3.8) is 0 Å². The van der Waals surface area contributed by atoms with Crippen molar-refractivity contribution in [3.8, 4) is 6.07 Å². The maximum atomic E-state index is 12.7. The number of hydrogen-bond acceptors (Lipinski definition) is 5. The quantitative estimate of drug-likeness (QED) is 0.688. The van der Waals surface area contributed by atoms with Gasteiger partial charge in [0.1, 0.15) is 5.01 Å². The second-order valence-corrected chi connectivity index (χ2v) is 7.35. The summed E-state index contributed by atoms with van der Waals surface area (Å²) in [5.74, 6) is -1.16. The van der Waals surface area contributed by atoms with Gasteiger partial charge in [-0.3, -0.25) is 9.48 Å². The van der Waals surface area contributed by atoms with E-state index in [0.717, 1.165) is 10.2 Å². The minimum atomic E-state index is -0.898. The average Bonchev–Trinajstić information content (AvgIpc) is 3.14. The number of Topliss-reactive ketones (excluding diaryl/α,β-unsaturated/α-hetero) is 1. The highest BCUT2D eigenvalue weighted by atomic mass is 32.1. The molecule has 6 heteroatoms. The Morgan fingerprint density at radius 1 is 1.35 bits per heavy atom. The molecule has 116 valence electrons. The van der Waals surface area contributed by atoms with Crippen molar-refractivity contribution in [1.82, 2.24) is 14.8 Å². The summed E-state index contributed by atoms with van der Waals surface area (Å²) in [5, 5.41) is 14.2. The molecule has 0 aliphatic carbocycles. The molecule has 0 spiro atoms. The molecule has 0 amide bonds. The molecule has 2 aromatic heterocycles. The summed E-state index contributed by atoms with van der Waals surface area (Å²) in [7, 11) is 0. The van der Waals surface area contributed by atoms with Gasteiger partial charge in [-0.1, -0.05) is 12.1 Å². The van der Waals surface area contributed by atoms with Crippen molar-refractivity contribution in [3.05, 3.63) is 47.2 Å². The summed E-state index contributed by atoms with van der Waals surface area (Å²) < 4.78 is 2.70. The van der Waals surface area contributed by atoms with Crippen LogP contribution in [0.15, 0.2) is 36.7 Å². The second-order valence-electron chi connectivity index (χ2n) is 6.29. The number of para-hydroxylation sites is 1. The highest BCUT2D eigenvalue weighted by molar-refractivity contribution is 7.18. The summed E-state index contributed by atoms with van der Waals surface area (Å²) in [4.78, 5) is 17.1. The Morgan fingerprint density at radius 3 is 2.70 bits per heavy atom. The predicted molar refractivity (Wildman–Crippen MR) is 89.5 cm³/mol. The number of benzene rings is 1. The van der Waals surface area contributed by atoms with E-state index in [9.17, 15) is 10.1 Å². The van der Waals surface area contributed by atoms with Crippen LogP contribution in [0.5, 0.6) is 0 Å². The number of hydrogen-bond donors (Lipinski definition) is 0. The predicted octanol–water partition coefficient (Wildman–Crippen LogP) is 3.74. The maximum Gasteiger partial charge on any atom is 0.190 e. The molecule has 5 nitrogen and oxygen atoms in total. The SMILES string of the molecule is CC(C)(C)n1cc(C(=O)[C@@H](C#N)c2nc3ccccc3s2)cn1. The third-order valence-corrected chi connectivity index (χ3v) is 4.60. The molecule has 3 aromatic rings. The zero-order valence-electron chi connectivity index (χ0n) is 13.1. The number of nitriles is 1. The number of fused-ring (bicyclic) bond motifs is 1. The van der Waals surface area contributed by atoms with E-state index in [1.165, 1.54) is 17.5 Å². The van der Waals surface area contributed by atoms with E-state index in [-0.39, 0.29) is 11.3 Å². The van der Waals surface area contributed by atoms with E-state index < -0.39 is 5.92 Å². The van der Waals surface area contributed by atoms with E-state index in [4.69, 9.17) is 0 Å². The lowest BCUT2D eigenvalue weighted by molar-refractivity contribution is 0.0978. The number of carbonyl (C=O) groups excluding carboxylic acids is 1. The Bertz CT molecular complexity index is 877. The lowest BCUT2D eigenvalue weighted by atomic mass is 10.0. The van der Waals surface area contributed by atoms with E-state index in [0.29, 0.717) is 10.6 Å². The van der Waals surface area contributed by atoms with Crippen molar-refractivity contribution in [1.29, 1.82) is 5.26 Å². The van der Waals surface area contributed by atoms with Gasteiger partial charge in [0.2, 0.25) is 0 Å². The van der Waals surface area contributed by atoms with Crippen LogP contribution in [-0.2, 0) is 5.54 Å². The maximum absolute atomic E-state index is 12.7. The topological polar surface area (TPSA) is 71.6 Å². The summed E-state index contributed by atoms with van der Waals surface area (Å²) in [5.41, 5.74) is 1.04. The second kappa shape index (κ2) is 5.60. The number of ketones is 1. The van der Waals surface area contributed by atoms with Gasteiger partial charge in [0, 0.05) is 6.20 Å². The molecule has 3 rings (SSSR count). The molecule has 0 aliphatic heterocycles. The number of thiazole rings is 1. The average molecular weight is 324 g/mol. The van der Waals surface area contributed by atoms with E-state index in [2.05, 4.69) is 16.2 Å². The Balaban J connectivity index is 1.96. The van der Waals surface area contributed by atoms with Crippen LogP contribution in [0.4, 0.5) is 0 Å². The van der Waals surface area contributed by atoms with Crippen LogP contribution in [-0.4, -0.2) is 20.5 Å². The molecule has 23 heavy (non-hydrogen) atoms. The fourth-order valence-electron chi connectivity index (χ4n) is 2.22. The standard InChI is InChI=1S/C17H16N4OS/c1-17(2,3)21-10-11(9-19-21)15(22)12(8-18)16-20-13-6-4-5-7-14(13)23-16/h4-7,9-10,12H,1-3H3/t12-/m1/s1. The lowest BCUT2D eigenvalue weighted by Gasteiger charge is -2.18. The van der Waals surface area contributed by atoms with Gasteiger partial charge in [-0.15, -0.1) is 11.3 Å². The van der Waals surface area contributed by atoms with Crippen LogP contribution in [0, 0.1) is 11.3 Å². The Labute approximate surface area is 138 Å². The van der Waals surface area contributed by atoms with Gasteiger partial charge >= 0.3 is 0 Å². The smallest absolute Gasteiger partial charge is 0.190 e. The fourth-order valence-corrected chi connectivity index (χ4v) is 3.23. The van der Waals surface area contributed by atoms with Crippen molar-refractivity contribution >= 4 is 27.3 Å². The molecule has 0 saturated heterocycles.